The van der Waals surface area contributed by atoms with Crippen LogP contribution in [-0.2, 0) is 6.61 Å². The maximum Gasteiger partial charge on any atom is 0.134 e. The van der Waals surface area contributed by atoms with E-state index >= 15 is 0 Å². The first kappa shape index (κ1) is 14.3. The van der Waals surface area contributed by atoms with Crippen LogP contribution in [0.2, 0.25) is 0 Å². The van der Waals surface area contributed by atoms with Crippen LogP contribution in [-0.4, -0.2) is 4.98 Å². The number of hydrogen-bond acceptors (Lipinski definition) is 2. The molecule has 2 nitrogen and oxygen atoms in total. The standard InChI is InChI=1S/C20H19NO/c1-3-9-18-15(2)20(17-12-7-8-13-19(17)21-18)22-14-16-10-5-4-6-11-16/h3-13H,14H2,1-2H3/b9-3+. The molecular weight excluding hydrogens is 270 g/mol. The van der Waals surface area contributed by atoms with Gasteiger partial charge in [-0.15, -0.1) is 0 Å². The highest BCUT2D eigenvalue weighted by atomic mass is 16.5. The second-order valence-electron chi connectivity index (χ2n) is 5.24. The predicted octanol–water partition coefficient (Wildman–Crippen LogP) is 5.16. The molecule has 0 atom stereocenters. The first-order valence-corrected chi connectivity index (χ1v) is 7.48. The van der Waals surface area contributed by atoms with Crippen LogP contribution < -0.4 is 4.74 Å². The number of para-hydroxylation sites is 1. The Kier molecular flexibility index (Phi) is 4.19. The average molecular weight is 289 g/mol. The quantitative estimate of drug-likeness (QED) is 0.662. The van der Waals surface area contributed by atoms with E-state index in [-0.39, 0.29) is 0 Å². The van der Waals surface area contributed by atoms with Gasteiger partial charge in [0.1, 0.15) is 12.4 Å². The number of rotatable bonds is 4. The summed E-state index contributed by atoms with van der Waals surface area (Å²) in [6.45, 7) is 4.63. The minimum atomic E-state index is 0.560. The number of allylic oxidation sites excluding steroid dienone is 1. The minimum absolute atomic E-state index is 0.560. The Labute approximate surface area is 131 Å². The zero-order valence-corrected chi connectivity index (χ0v) is 12.9. The van der Waals surface area contributed by atoms with Gasteiger partial charge in [0.15, 0.2) is 0 Å². The Morgan fingerprint density at radius 2 is 1.73 bits per heavy atom. The SMILES string of the molecule is C/C=C/c1nc2ccccc2c(OCc2ccccc2)c1C. The fraction of sp³-hybridized carbons (Fsp3) is 0.150. The maximum absolute atomic E-state index is 6.15. The van der Waals surface area contributed by atoms with E-state index in [1.54, 1.807) is 0 Å². The second kappa shape index (κ2) is 6.44. The summed E-state index contributed by atoms with van der Waals surface area (Å²) in [6.07, 6.45) is 4.03. The van der Waals surface area contributed by atoms with Crippen molar-refractivity contribution in [3.8, 4) is 5.75 Å². The van der Waals surface area contributed by atoms with E-state index in [0.29, 0.717) is 6.61 Å². The highest BCUT2D eigenvalue weighted by Gasteiger charge is 2.11. The van der Waals surface area contributed by atoms with Crippen LogP contribution in [0.25, 0.3) is 17.0 Å². The minimum Gasteiger partial charge on any atom is -0.488 e. The Bertz CT molecular complexity index is 807. The normalized spacial score (nSPS) is 11.2. The molecule has 0 saturated heterocycles. The molecule has 1 heterocycles. The van der Waals surface area contributed by atoms with Crippen molar-refractivity contribution in [2.75, 3.05) is 0 Å². The molecule has 0 aliphatic carbocycles. The number of ether oxygens (including phenoxy) is 1. The van der Waals surface area contributed by atoms with Crippen LogP contribution in [0.4, 0.5) is 0 Å². The molecule has 0 radical (unpaired) electrons. The van der Waals surface area contributed by atoms with E-state index in [2.05, 4.69) is 25.1 Å². The van der Waals surface area contributed by atoms with Crippen LogP contribution in [0.1, 0.15) is 23.7 Å². The third-order valence-electron chi connectivity index (χ3n) is 3.66. The van der Waals surface area contributed by atoms with E-state index in [0.717, 1.165) is 33.5 Å². The number of fused-ring (bicyclic) bond motifs is 1. The molecule has 0 fully saturated rings. The number of benzene rings is 2. The van der Waals surface area contributed by atoms with Crippen molar-refractivity contribution in [2.45, 2.75) is 20.5 Å². The van der Waals surface area contributed by atoms with Crippen LogP contribution in [0.5, 0.6) is 5.75 Å². The lowest BCUT2D eigenvalue weighted by Crippen LogP contribution is -2.00. The average Bonchev–Trinajstić information content (AvgIpc) is 2.56. The maximum atomic E-state index is 6.15. The third kappa shape index (κ3) is 2.86. The Hall–Kier alpha value is -2.61. The highest BCUT2D eigenvalue weighted by molar-refractivity contribution is 5.88. The van der Waals surface area contributed by atoms with Gasteiger partial charge < -0.3 is 4.74 Å². The van der Waals surface area contributed by atoms with Gasteiger partial charge in [-0.1, -0.05) is 48.5 Å². The molecule has 22 heavy (non-hydrogen) atoms. The Morgan fingerprint density at radius 3 is 2.50 bits per heavy atom. The van der Waals surface area contributed by atoms with Gasteiger partial charge in [-0.2, -0.15) is 0 Å². The number of nitrogens with zero attached hydrogens (tertiary/aromatic N) is 1. The lowest BCUT2D eigenvalue weighted by Gasteiger charge is -2.14. The van der Waals surface area contributed by atoms with Crippen LogP contribution in [0.15, 0.2) is 60.7 Å². The lowest BCUT2D eigenvalue weighted by molar-refractivity contribution is 0.307. The van der Waals surface area contributed by atoms with Crippen molar-refractivity contribution in [3.05, 3.63) is 77.5 Å². The molecule has 0 spiro atoms. The van der Waals surface area contributed by atoms with Gasteiger partial charge in [-0.3, -0.25) is 0 Å². The van der Waals surface area contributed by atoms with Crippen molar-refractivity contribution < 1.29 is 4.74 Å². The van der Waals surface area contributed by atoms with E-state index in [1.807, 2.05) is 55.5 Å². The van der Waals surface area contributed by atoms with Crippen molar-refractivity contribution in [3.63, 3.8) is 0 Å². The molecule has 0 saturated carbocycles. The number of pyridine rings is 1. The number of aromatic nitrogens is 1. The summed E-state index contributed by atoms with van der Waals surface area (Å²) in [5, 5.41) is 1.06. The van der Waals surface area contributed by atoms with Gasteiger partial charge in [0.05, 0.1) is 11.2 Å². The van der Waals surface area contributed by atoms with Crippen LogP contribution in [0.3, 0.4) is 0 Å². The smallest absolute Gasteiger partial charge is 0.134 e. The van der Waals surface area contributed by atoms with E-state index in [4.69, 9.17) is 9.72 Å². The molecular formula is C20H19NO. The molecule has 0 aliphatic rings. The van der Waals surface area contributed by atoms with Gasteiger partial charge in [-0.05, 0) is 37.6 Å². The van der Waals surface area contributed by atoms with Gasteiger partial charge in [-0.25, -0.2) is 4.98 Å². The van der Waals surface area contributed by atoms with Crippen LogP contribution >= 0.6 is 0 Å². The molecule has 0 bridgehead atoms. The summed E-state index contributed by atoms with van der Waals surface area (Å²) in [7, 11) is 0. The van der Waals surface area contributed by atoms with Gasteiger partial charge in [0.25, 0.3) is 0 Å². The van der Waals surface area contributed by atoms with Gasteiger partial charge in [0.2, 0.25) is 0 Å². The van der Waals surface area contributed by atoms with Crippen molar-refractivity contribution in [2.24, 2.45) is 0 Å². The summed E-state index contributed by atoms with van der Waals surface area (Å²) in [4.78, 5) is 4.71. The second-order valence-corrected chi connectivity index (χ2v) is 5.24. The first-order valence-electron chi connectivity index (χ1n) is 7.48. The third-order valence-corrected chi connectivity index (χ3v) is 3.66. The van der Waals surface area contributed by atoms with Crippen molar-refractivity contribution >= 4 is 17.0 Å². The highest BCUT2D eigenvalue weighted by Crippen LogP contribution is 2.31. The Morgan fingerprint density at radius 1 is 1.00 bits per heavy atom. The molecule has 0 amide bonds. The van der Waals surface area contributed by atoms with Gasteiger partial charge in [0, 0.05) is 10.9 Å². The summed E-state index contributed by atoms with van der Waals surface area (Å²) < 4.78 is 6.15. The van der Waals surface area contributed by atoms with Gasteiger partial charge >= 0.3 is 0 Å². The molecule has 0 N–H and O–H groups in total. The summed E-state index contributed by atoms with van der Waals surface area (Å²) in [6, 6.07) is 18.3. The molecule has 3 rings (SSSR count). The fourth-order valence-electron chi connectivity index (χ4n) is 2.53. The largest absolute Gasteiger partial charge is 0.488 e. The molecule has 110 valence electrons. The predicted molar refractivity (Wildman–Crippen MR) is 92.0 cm³/mol. The first-order chi connectivity index (χ1) is 10.8. The zero-order valence-electron chi connectivity index (χ0n) is 12.9. The van der Waals surface area contributed by atoms with E-state index in [1.165, 1.54) is 0 Å². The number of hydrogen-bond donors (Lipinski definition) is 0. The van der Waals surface area contributed by atoms with E-state index in [9.17, 15) is 0 Å². The van der Waals surface area contributed by atoms with E-state index < -0.39 is 0 Å². The molecule has 1 aromatic heterocycles. The Balaban J connectivity index is 2.04. The summed E-state index contributed by atoms with van der Waals surface area (Å²) in [5.41, 5.74) is 4.16. The molecule has 2 aromatic carbocycles. The lowest BCUT2D eigenvalue weighted by atomic mass is 10.1. The molecule has 0 aliphatic heterocycles. The summed E-state index contributed by atoms with van der Waals surface area (Å²) >= 11 is 0. The molecule has 2 heteroatoms. The molecule has 3 aromatic rings. The molecule has 0 unspecified atom stereocenters. The topological polar surface area (TPSA) is 22.1 Å². The summed E-state index contributed by atoms with van der Waals surface area (Å²) in [5.74, 6) is 0.919. The van der Waals surface area contributed by atoms with Crippen LogP contribution in [0, 0.1) is 6.92 Å². The monoisotopic (exact) mass is 289 g/mol. The van der Waals surface area contributed by atoms with Crippen molar-refractivity contribution in [1.29, 1.82) is 0 Å². The zero-order chi connectivity index (χ0) is 15.4. The fourth-order valence-corrected chi connectivity index (χ4v) is 2.53. The van der Waals surface area contributed by atoms with Crippen molar-refractivity contribution in [1.82, 2.24) is 4.98 Å².